The highest BCUT2D eigenvalue weighted by Gasteiger charge is 1.88. The van der Waals surface area contributed by atoms with E-state index in [-0.39, 0.29) is 0 Å². The van der Waals surface area contributed by atoms with Crippen LogP contribution in [0.2, 0.25) is 0 Å². The first-order valence-electron chi connectivity index (χ1n) is 5.59. The molecule has 0 atom stereocenters. The highest BCUT2D eigenvalue weighted by molar-refractivity contribution is 5.45. The molecule has 0 fully saturated rings. The molecule has 0 aliphatic rings. The van der Waals surface area contributed by atoms with Crippen molar-refractivity contribution in [3.63, 3.8) is 0 Å². The van der Waals surface area contributed by atoms with Gasteiger partial charge in [-0.25, -0.2) is 0 Å². The molecular formula is C17H12O. The Morgan fingerprint density at radius 2 is 1.28 bits per heavy atom. The molecule has 18 heavy (non-hydrogen) atoms. The van der Waals surface area contributed by atoms with Crippen LogP contribution in [-0.2, 0) is 0 Å². The summed E-state index contributed by atoms with van der Waals surface area (Å²) in [6.45, 7) is 0. The molecule has 0 bridgehead atoms. The molecule has 0 unspecified atom stereocenters. The highest BCUT2D eigenvalue weighted by Crippen LogP contribution is 2.09. The van der Waals surface area contributed by atoms with Gasteiger partial charge in [0.1, 0.15) is 5.75 Å². The van der Waals surface area contributed by atoms with Gasteiger partial charge >= 0.3 is 0 Å². The van der Waals surface area contributed by atoms with Gasteiger partial charge in [-0.1, -0.05) is 30.0 Å². The van der Waals surface area contributed by atoms with Gasteiger partial charge in [-0.3, -0.25) is 0 Å². The van der Waals surface area contributed by atoms with Crippen LogP contribution in [0.3, 0.4) is 0 Å². The van der Waals surface area contributed by atoms with E-state index >= 15 is 0 Å². The third kappa shape index (κ3) is 3.44. The number of hydrogen-bond acceptors (Lipinski definition) is 1. The van der Waals surface area contributed by atoms with Crippen molar-refractivity contribution >= 4 is 0 Å². The summed E-state index contributed by atoms with van der Waals surface area (Å²) >= 11 is 0. The fourth-order valence-corrected chi connectivity index (χ4v) is 1.40. The fraction of sp³-hybridized carbons (Fsp3) is 0.0588. The van der Waals surface area contributed by atoms with E-state index in [1.54, 1.807) is 7.11 Å². The Bertz CT molecular complexity index is 617. The monoisotopic (exact) mass is 232 g/mol. The molecule has 0 spiro atoms. The van der Waals surface area contributed by atoms with Gasteiger partial charge in [-0.15, -0.1) is 0 Å². The minimum atomic E-state index is 0.830. The Morgan fingerprint density at radius 1 is 0.722 bits per heavy atom. The minimum absolute atomic E-state index is 0.830. The topological polar surface area (TPSA) is 9.23 Å². The lowest BCUT2D eigenvalue weighted by molar-refractivity contribution is 0.415. The standard InChI is InChI=1S/C17H12O/c1-18-17-13-11-16(12-14-17)10-6-5-9-15-7-3-2-4-8-15/h2-4,7-8,11-14H,1H3. The number of benzene rings is 2. The van der Waals surface area contributed by atoms with Gasteiger partial charge in [0.25, 0.3) is 0 Å². The Labute approximate surface area is 107 Å². The molecule has 0 aliphatic heterocycles. The second kappa shape index (κ2) is 6.18. The van der Waals surface area contributed by atoms with Crippen LogP contribution >= 0.6 is 0 Å². The predicted molar refractivity (Wildman–Crippen MR) is 73.2 cm³/mol. The molecule has 0 aliphatic carbocycles. The molecule has 2 aromatic carbocycles. The maximum absolute atomic E-state index is 5.08. The number of rotatable bonds is 1. The Hall–Kier alpha value is -2.64. The lowest BCUT2D eigenvalue weighted by Gasteiger charge is -1.96. The first-order chi connectivity index (χ1) is 8.88. The van der Waals surface area contributed by atoms with Gasteiger partial charge in [0.2, 0.25) is 0 Å². The Morgan fingerprint density at radius 3 is 1.83 bits per heavy atom. The number of hydrogen-bond donors (Lipinski definition) is 0. The maximum Gasteiger partial charge on any atom is 0.118 e. The molecule has 0 N–H and O–H groups in total. The van der Waals surface area contributed by atoms with E-state index in [2.05, 4.69) is 23.7 Å². The van der Waals surface area contributed by atoms with E-state index in [0.717, 1.165) is 16.9 Å². The van der Waals surface area contributed by atoms with Crippen LogP contribution in [0.1, 0.15) is 11.1 Å². The zero-order valence-corrected chi connectivity index (χ0v) is 10.1. The third-order valence-electron chi connectivity index (χ3n) is 2.34. The van der Waals surface area contributed by atoms with Crippen LogP contribution < -0.4 is 4.74 Å². The average Bonchev–Trinajstić information content (AvgIpc) is 2.45. The summed E-state index contributed by atoms with van der Waals surface area (Å²) in [6, 6.07) is 17.4. The highest BCUT2D eigenvalue weighted by atomic mass is 16.5. The molecule has 0 amide bonds. The summed E-state index contributed by atoms with van der Waals surface area (Å²) in [6.07, 6.45) is 0. The summed E-state index contributed by atoms with van der Waals surface area (Å²) in [5.41, 5.74) is 1.90. The van der Waals surface area contributed by atoms with E-state index in [1.165, 1.54) is 0 Å². The molecule has 1 nitrogen and oxygen atoms in total. The van der Waals surface area contributed by atoms with Gasteiger partial charge in [0.15, 0.2) is 0 Å². The first kappa shape index (κ1) is 11.8. The third-order valence-corrected chi connectivity index (χ3v) is 2.34. The summed E-state index contributed by atoms with van der Waals surface area (Å²) in [4.78, 5) is 0. The molecule has 0 radical (unpaired) electrons. The quantitative estimate of drug-likeness (QED) is 0.686. The normalized spacial score (nSPS) is 8.50. The van der Waals surface area contributed by atoms with Crippen LogP contribution in [-0.4, -0.2) is 7.11 Å². The predicted octanol–water partition coefficient (Wildman–Crippen LogP) is 3.10. The Kier molecular flexibility index (Phi) is 4.07. The van der Waals surface area contributed by atoms with E-state index < -0.39 is 0 Å². The molecule has 0 aromatic heterocycles. The fourth-order valence-electron chi connectivity index (χ4n) is 1.40. The minimum Gasteiger partial charge on any atom is -0.497 e. The van der Waals surface area contributed by atoms with Crippen molar-refractivity contribution in [1.82, 2.24) is 0 Å². The lowest BCUT2D eigenvalue weighted by atomic mass is 10.2. The molecule has 2 aromatic rings. The van der Waals surface area contributed by atoms with Crippen molar-refractivity contribution in [2.75, 3.05) is 7.11 Å². The molecule has 0 saturated carbocycles. The molecule has 2 rings (SSSR count). The lowest BCUT2D eigenvalue weighted by Crippen LogP contribution is -1.81. The van der Waals surface area contributed by atoms with Crippen LogP contribution in [0.15, 0.2) is 54.6 Å². The van der Waals surface area contributed by atoms with Gasteiger partial charge in [-0.05, 0) is 48.2 Å². The molecule has 0 heterocycles. The van der Waals surface area contributed by atoms with Gasteiger partial charge < -0.3 is 4.74 Å². The maximum atomic E-state index is 5.08. The van der Waals surface area contributed by atoms with Crippen LogP contribution in [0.4, 0.5) is 0 Å². The van der Waals surface area contributed by atoms with Crippen LogP contribution in [0.25, 0.3) is 0 Å². The van der Waals surface area contributed by atoms with Gasteiger partial charge in [0.05, 0.1) is 7.11 Å². The van der Waals surface area contributed by atoms with Crippen LogP contribution in [0.5, 0.6) is 5.75 Å². The second-order valence-electron chi connectivity index (χ2n) is 3.59. The van der Waals surface area contributed by atoms with Gasteiger partial charge in [-0.2, -0.15) is 0 Å². The summed E-state index contributed by atoms with van der Waals surface area (Å²) in [5.74, 6) is 12.5. The molecular weight excluding hydrogens is 220 g/mol. The smallest absolute Gasteiger partial charge is 0.118 e. The van der Waals surface area contributed by atoms with E-state index in [0.29, 0.717) is 0 Å². The zero-order chi connectivity index (χ0) is 12.6. The van der Waals surface area contributed by atoms with Crippen LogP contribution in [0, 0.1) is 23.7 Å². The summed E-state index contributed by atoms with van der Waals surface area (Å²) in [7, 11) is 1.64. The Balaban J connectivity index is 2.06. The van der Waals surface area contributed by atoms with Crippen molar-refractivity contribution in [3.8, 4) is 29.4 Å². The van der Waals surface area contributed by atoms with Crippen molar-refractivity contribution in [2.45, 2.75) is 0 Å². The van der Waals surface area contributed by atoms with E-state index in [1.807, 2.05) is 54.6 Å². The zero-order valence-electron chi connectivity index (χ0n) is 10.1. The summed E-state index contributed by atoms with van der Waals surface area (Å²) in [5, 5.41) is 0. The van der Waals surface area contributed by atoms with Gasteiger partial charge in [0, 0.05) is 11.1 Å². The molecule has 1 heteroatoms. The summed E-state index contributed by atoms with van der Waals surface area (Å²) < 4.78 is 5.08. The van der Waals surface area contributed by atoms with E-state index in [4.69, 9.17) is 4.74 Å². The largest absolute Gasteiger partial charge is 0.497 e. The molecule has 0 saturated heterocycles. The van der Waals surface area contributed by atoms with Crippen molar-refractivity contribution in [3.05, 3.63) is 65.7 Å². The second-order valence-corrected chi connectivity index (χ2v) is 3.59. The first-order valence-corrected chi connectivity index (χ1v) is 5.59. The van der Waals surface area contributed by atoms with Crippen molar-refractivity contribution in [2.24, 2.45) is 0 Å². The van der Waals surface area contributed by atoms with Crippen molar-refractivity contribution in [1.29, 1.82) is 0 Å². The SMILES string of the molecule is COc1ccc(C#CC#Cc2ccccc2)cc1. The number of methoxy groups -OCH3 is 1. The van der Waals surface area contributed by atoms with Crippen molar-refractivity contribution < 1.29 is 4.74 Å². The molecule has 86 valence electrons. The number of ether oxygens (including phenoxy) is 1. The van der Waals surface area contributed by atoms with E-state index in [9.17, 15) is 0 Å². The average molecular weight is 232 g/mol.